The number of nitrogen functional groups attached to an aromatic ring is 1. The van der Waals surface area contributed by atoms with E-state index in [0.29, 0.717) is 23.2 Å². The maximum Gasteiger partial charge on any atom is 0.166 e. The van der Waals surface area contributed by atoms with E-state index in [1.54, 1.807) is 6.20 Å². The van der Waals surface area contributed by atoms with E-state index in [-0.39, 0.29) is 0 Å². The summed E-state index contributed by atoms with van der Waals surface area (Å²) in [6.45, 7) is 0.351. The molecule has 0 radical (unpaired) electrons. The summed E-state index contributed by atoms with van der Waals surface area (Å²) in [5, 5.41) is 0.674. The number of hydrogen-bond acceptors (Lipinski definition) is 3. The van der Waals surface area contributed by atoms with Gasteiger partial charge in [-0.2, -0.15) is 0 Å². The number of hydrogen-bond donors (Lipinski definition) is 1. The zero-order valence-electron chi connectivity index (χ0n) is 11.9. The Hall–Kier alpha value is -2.52. The minimum absolute atomic E-state index is 0.351. The Morgan fingerprint density at radius 2 is 1.68 bits per heavy atom. The van der Waals surface area contributed by atoms with Crippen LogP contribution in [0.2, 0.25) is 5.02 Å². The smallest absolute Gasteiger partial charge is 0.166 e. The average molecular weight is 311 g/mol. The summed E-state index contributed by atoms with van der Waals surface area (Å²) in [7, 11) is 0. The van der Waals surface area contributed by atoms with Gasteiger partial charge in [-0.05, 0) is 17.7 Å². The Morgan fingerprint density at radius 3 is 2.45 bits per heavy atom. The van der Waals surface area contributed by atoms with Gasteiger partial charge in [0.05, 0.1) is 0 Å². The van der Waals surface area contributed by atoms with Crippen LogP contribution in [0.1, 0.15) is 5.56 Å². The number of nitrogens with two attached hydrogens (primary N) is 1. The molecule has 0 aliphatic heterocycles. The van der Waals surface area contributed by atoms with Crippen LogP contribution in [0.25, 0.3) is 11.1 Å². The number of nitrogens with zero attached hydrogens (tertiary/aromatic N) is 1. The second-order valence-electron chi connectivity index (χ2n) is 4.85. The molecule has 4 heteroatoms. The van der Waals surface area contributed by atoms with Crippen LogP contribution in [0.15, 0.2) is 66.9 Å². The number of ether oxygens (including phenoxy) is 1. The van der Waals surface area contributed by atoms with Gasteiger partial charge in [-0.3, -0.25) is 0 Å². The van der Waals surface area contributed by atoms with Gasteiger partial charge in [0.2, 0.25) is 0 Å². The third-order valence-electron chi connectivity index (χ3n) is 3.33. The van der Waals surface area contributed by atoms with Crippen LogP contribution in [-0.4, -0.2) is 4.98 Å². The topological polar surface area (TPSA) is 48.1 Å². The first kappa shape index (κ1) is 14.4. The lowest BCUT2D eigenvalue weighted by Gasteiger charge is -2.11. The summed E-state index contributed by atoms with van der Waals surface area (Å²) in [6.07, 6.45) is 1.74. The average Bonchev–Trinajstić information content (AvgIpc) is 2.56. The standard InChI is InChI=1S/C18H15ClN2O/c19-16-9-5-4-8-14(16)12-22-17-10-15(11-21-18(17)20)13-6-2-1-3-7-13/h1-11H,12H2,(H2,20,21). The van der Waals surface area contributed by atoms with Gasteiger partial charge in [-0.15, -0.1) is 0 Å². The SMILES string of the molecule is Nc1ncc(-c2ccccc2)cc1OCc1ccccc1Cl. The Labute approximate surface area is 134 Å². The van der Waals surface area contributed by atoms with Gasteiger partial charge < -0.3 is 10.5 Å². The molecule has 1 heterocycles. The van der Waals surface area contributed by atoms with E-state index in [0.717, 1.165) is 16.7 Å². The highest BCUT2D eigenvalue weighted by Gasteiger charge is 2.07. The molecule has 1 aromatic heterocycles. The number of pyridine rings is 1. The summed E-state index contributed by atoms with van der Waals surface area (Å²) < 4.78 is 5.79. The fourth-order valence-electron chi connectivity index (χ4n) is 2.13. The molecule has 3 rings (SSSR count). The van der Waals surface area contributed by atoms with E-state index in [4.69, 9.17) is 22.1 Å². The largest absolute Gasteiger partial charge is 0.485 e. The minimum Gasteiger partial charge on any atom is -0.485 e. The van der Waals surface area contributed by atoms with Crippen LogP contribution in [0.5, 0.6) is 5.75 Å². The summed E-state index contributed by atoms with van der Waals surface area (Å²) >= 11 is 6.13. The predicted octanol–water partition coefficient (Wildman–Crippen LogP) is 4.56. The molecule has 3 nitrogen and oxygen atoms in total. The van der Waals surface area contributed by atoms with Crippen molar-refractivity contribution in [2.24, 2.45) is 0 Å². The quantitative estimate of drug-likeness (QED) is 0.768. The fraction of sp³-hybridized carbons (Fsp3) is 0.0556. The van der Waals surface area contributed by atoms with Gasteiger partial charge in [0.1, 0.15) is 6.61 Å². The van der Waals surface area contributed by atoms with E-state index in [2.05, 4.69) is 4.98 Å². The van der Waals surface area contributed by atoms with E-state index < -0.39 is 0 Å². The van der Waals surface area contributed by atoms with Crippen LogP contribution >= 0.6 is 11.6 Å². The molecule has 0 spiro atoms. The van der Waals surface area contributed by atoms with E-state index in [1.807, 2.05) is 60.7 Å². The van der Waals surface area contributed by atoms with Crippen molar-refractivity contribution < 1.29 is 4.74 Å². The monoisotopic (exact) mass is 310 g/mol. The van der Waals surface area contributed by atoms with Gasteiger partial charge in [-0.25, -0.2) is 4.98 Å². The molecule has 2 N–H and O–H groups in total. The fourth-order valence-corrected chi connectivity index (χ4v) is 2.32. The van der Waals surface area contributed by atoms with Crippen molar-refractivity contribution in [1.29, 1.82) is 0 Å². The second kappa shape index (κ2) is 6.50. The van der Waals surface area contributed by atoms with Gasteiger partial charge in [0.15, 0.2) is 11.6 Å². The number of benzene rings is 2. The predicted molar refractivity (Wildman–Crippen MR) is 89.9 cm³/mol. The van der Waals surface area contributed by atoms with Gasteiger partial charge in [0, 0.05) is 22.3 Å². The second-order valence-corrected chi connectivity index (χ2v) is 5.26. The number of anilines is 1. The summed E-state index contributed by atoms with van der Waals surface area (Å²) in [4.78, 5) is 4.21. The Kier molecular flexibility index (Phi) is 4.26. The Morgan fingerprint density at radius 1 is 0.955 bits per heavy atom. The molecule has 0 saturated heterocycles. The molecule has 0 aliphatic rings. The van der Waals surface area contributed by atoms with Crippen LogP contribution in [0.3, 0.4) is 0 Å². The molecule has 110 valence electrons. The maximum atomic E-state index is 6.13. The summed E-state index contributed by atoms with van der Waals surface area (Å²) in [6, 6.07) is 19.4. The normalized spacial score (nSPS) is 10.4. The van der Waals surface area contributed by atoms with Crippen LogP contribution in [0.4, 0.5) is 5.82 Å². The molecule has 0 bridgehead atoms. The van der Waals surface area contributed by atoms with Crippen LogP contribution in [-0.2, 0) is 6.61 Å². The minimum atomic E-state index is 0.351. The Balaban J connectivity index is 1.83. The van der Waals surface area contributed by atoms with Gasteiger partial charge >= 0.3 is 0 Å². The summed E-state index contributed by atoms with van der Waals surface area (Å²) in [5.41, 5.74) is 8.84. The number of aromatic nitrogens is 1. The molecule has 0 saturated carbocycles. The molecule has 3 aromatic rings. The van der Waals surface area contributed by atoms with Crippen molar-refractivity contribution in [3.8, 4) is 16.9 Å². The molecular weight excluding hydrogens is 296 g/mol. The van der Waals surface area contributed by atoms with Crippen molar-refractivity contribution in [2.45, 2.75) is 6.61 Å². The molecular formula is C18H15ClN2O. The van der Waals surface area contributed by atoms with E-state index in [9.17, 15) is 0 Å². The van der Waals surface area contributed by atoms with Crippen molar-refractivity contribution in [3.63, 3.8) is 0 Å². The first-order valence-corrected chi connectivity index (χ1v) is 7.29. The maximum absolute atomic E-state index is 6.13. The third kappa shape index (κ3) is 3.21. The van der Waals surface area contributed by atoms with Crippen LogP contribution in [0, 0.1) is 0 Å². The van der Waals surface area contributed by atoms with Crippen molar-refractivity contribution in [2.75, 3.05) is 5.73 Å². The molecule has 0 fully saturated rings. The van der Waals surface area contributed by atoms with Gasteiger partial charge in [0.25, 0.3) is 0 Å². The zero-order valence-corrected chi connectivity index (χ0v) is 12.6. The Bertz CT molecular complexity index is 775. The van der Waals surface area contributed by atoms with Crippen LogP contribution < -0.4 is 10.5 Å². The van der Waals surface area contributed by atoms with Crippen molar-refractivity contribution >= 4 is 17.4 Å². The first-order valence-electron chi connectivity index (χ1n) is 6.91. The third-order valence-corrected chi connectivity index (χ3v) is 3.70. The van der Waals surface area contributed by atoms with Crippen molar-refractivity contribution in [1.82, 2.24) is 4.98 Å². The van der Waals surface area contributed by atoms with E-state index >= 15 is 0 Å². The highest BCUT2D eigenvalue weighted by atomic mass is 35.5. The van der Waals surface area contributed by atoms with Crippen molar-refractivity contribution in [3.05, 3.63) is 77.4 Å². The molecule has 2 aromatic carbocycles. The lowest BCUT2D eigenvalue weighted by atomic mass is 10.1. The summed E-state index contributed by atoms with van der Waals surface area (Å²) in [5.74, 6) is 0.924. The lowest BCUT2D eigenvalue weighted by Crippen LogP contribution is -2.01. The van der Waals surface area contributed by atoms with Gasteiger partial charge in [-0.1, -0.05) is 60.1 Å². The number of rotatable bonds is 4. The molecule has 0 amide bonds. The molecule has 0 aliphatic carbocycles. The zero-order chi connectivity index (χ0) is 15.4. The highest BCUT2D eigenvalue weighted by Crippen LogP contribution is 2.28. The number of halogens is 1. The lowest BCUT2D eigenvalue weighted by molar-refractivity contribution is 0.307. The molecule has 22 heavy (non-hydrogen) atoms. The first-order chi connectivity index (χ1) is 10.7. The molecule has 0 atom stereocenters. The highest BCUT2D eigenvalue weighted by molar-refractivity contribution is 6.31. The molecule has 0 unspecified atom stereocenters. The van der Waals surface area contributed by atoms with E-state index in [1.165, 1.54) is 0 Å².